The van der Waals surface area contributed by atoms with Gasteiger partial charge in [0.15, 0.2) is 5.96 Å². The molecule has 1 aliphatic heterocycles. The molecule has 1 fully saturated rings. The van der Waals surface area contributed by atoms with Crippen molar-refractivity contribution in [3.8, 4) is 0 Å². The number of aryl methyl sites for hydroxylation is 2. The van der Waals surface area contributed by atoms with Crippen LogP contribution in [0.25, 0.3) is 0 Å². The van der Waals surface area contributed by atoms with E-state index in [4.69, 9.17) is 4.74 Å². The van der Waals surface area contributed by atoms with Crippen LogP contribution in [-0.4, -0.2) is 52.3 Å². The predicted octanol–water partition coefficient (Wildman–Crippen LogP) is 3.44. The number of guanidine groups is 1. The zero-order chi connectivity index (χ0) is 21.7. The van der Waals surface area contributed by atoms with Crippen LogP contribution in [0.4, 0.5) is 5.69 Å². The van der Waals surface area contributed by atoms with E-state index in [2.05, 4.69) is 52.0 Å². The molecule has 2 aromatic rings. The lowest BCUT2D eigenvalue weighted by molar-refractivity contribution is -0.00834. The highest BCUT2D eigenvalue weighted by molar-refractivity contribution is 14.0. The van der Waals surface area contributed by atoms with Crippen LogP contribution in [0, 0.1) is 13.8 Å². The minimum atomic E-state index is -3.34. The first-order valence-electron chi connectivity index (χ1n) is 9.97. The summed E-state index contributed by atoms with van der Waals surface area (Å²) in [5.74, 6) is 0.766. The fourth-order valence-corrected chi connectivity index (χ4v) is 4.30. The van der Waals surface area contributed by atoms with Gasteiger partial charge in [-0.2, -0.15) is 0 Å². The molecule has 2 N–H and O–H groups in total. The Morgan fingerprint density at radius 1 is 1.23 bits per heavy atom. The smallest absolute Gasteiger partial charge is 0.229 e. The molecule has 170 valence electrons. The number of nitrogens with one attached hydrogen (secondary N) is 2. The summed E-state index contributed by atoms with van der Waals surface area (Å²) in [4.78, 5) is 6.61. The number of halogens is 1. The summed E-state index contributed by atoms with van der Waals surface area (Å²) < 4.78 is 31.9. The number of nitrogens with zero attached hydrogens (tertiary/aromatic N) is 2. The van der Waals surface area contributed by atoms with Crippen molar-refractivity contribution in [3.05, 3.63) is 64.7 Å². The molecule has 31 heavy (non-hydrogen) atoms. The molecule has 1 aliphatic rings. The Kier molecular flexibility index (Phi) is 9.14. The maximum Gasteiger partial charge on any atom is 0.229 e. The van der Waals surface area contributed by atoms with E-state index in [9.17, 15) is 8.42 Å². The number of rotatable bonds is 5. The van der Waals surface area contributed by atoms with E-state index in [1.807, 2.05) is 18.2 Å². The minimum absolute atomic E-state index is 0. The molecule has 2 aromatic carbocycles. The van der Waals surface area contributed by atoms with Gasteiger partial charge in [-0.3, -0.25) is 9.71 Å². The van der Waals surface area contributed by atoms with Crippen LogP contribution in [0.1, 0.15) is 28.4 Å². The number of hydrogen-bond donors (Lipinski definition) is 2. The topological polar surface area (TPSA) is 83.0 Å². The van der Waals surface area contributed by atoms with Gasteiger partial charge in [0.1, 0.15) is 6.10 Å². The highest BCUT2D eigenvalue weighted by Crippen LogP contribution is 2.26. The van der Waals surface area contributed by atoms with Crippen molar-refractivity contribution >= 4 is 45.6 Å². The third-order valence-corrected chi connectivity index (χ3v) is 5.69. The first-order valence-corrected chi connectivity index (χ1v) is 11.9. The molecule has 1 atom stereocenters. The van der Waals surface area contributed by atoms with Crippen molar-refractivity contribution < 1.29 is 13.2 Å². The average molecular weight is 558 g/mol. The van der Waals surface area contributed by atoms with Gasteiger partial charge in [0, 0.05) is 20.1 Å². The molecule has 1 saturated heterocycles. The second-order valence-electron chi connectivity index (χ2n) is 7.60. The average Bonchev–Trinajstić information content (AvgIpc) is 2.69. The molecule has 0 spiro atoms. The lowest BCUT2D eigenvalue weighted by Gasteiger charge is -2.36. The van der Waals surface area contributed by atoms with E-state index in [-0.39, 0.29) is 30.1 Å². The summed E-state index contributed by atoms with van der Waals surface area (Å²) in [5, 5.41) is 3.36. The highest BCUT2D eigenvalue weighted by Gasteiger charge is 2.25. The van der Waals surface area contributed by atoms with Crippen molar-refractivity contribution in [3.63, 3.8) is 0 Å². The second-order valence-corrected chi connectivity index (χ2v) is 9.35. The van der Waals surface area contributed by atoms with Gasteiger partial charge in [0.2, 0.25) is 10.0 Å². The van der Waals surface area contributed by atoms with Crippen molar-refractivity contribution in [1.29, 1.82) is 0 Å². The number of para-hydroxylation sites is 1. The molecule has 0 radical (unpaired) electrons. The van der Waals surface area contributed by atoms with Gasteiger partial charge < -0.3 is 15.0 Å². The fraction of sp³-hybridized carbons (Fsp3) is 0.409. The van der Waals surface area contributed by atoms with Gasteiger partial charge in [-0.15, -0.1) is 24.0 Å². The van der Waals surface area contributed by atoms with Gasteiger partial charge in [-0.05, 0) is 36.6 Å². The van der Waals surface area contributed by atoms with Gasteiger partial charge in [0.25, 0.3) is 0 Å². The molecule has 9 heteroatoms. The Morgan fingerprint density at radius 3 is 2.65 bits per heavy atom. The molecule has 0 saturated carbocycles. The van der Waals surface area contributed by atoms with E-state index >= 15 is 0 Å². The number of ether oxygens (including phenoxy) is 1. The van der Waals surface area contributed by atoms with Crippen molar-refractivity contribution in [2.45, 2.75) is 26.5 Å². The van der Waals surface area contributed by atoms with Gasteiger partial charge >= 0.3 is 0 Å². The summed E-state index contributed by atoms with van der Waals surface area (Å²) in [7, 11) is -1.59. The highest BCUT2D eigenvalue weighted by atomic mass is 127. The van der Waals surface area contributed by atoms with Crippen LogP contribution in [0.3, 0.4) is 0 Å². The number of aliphatic imine (C=N–C) groups is 1. The van der Waals surface area contributed by atoms with Crippen molar-refractivity contribution in [2.75, 3.05) is 37.7 Å². The van der Waals surface area contributed by atoms with Crippen LogP contribution >= 0.6 is 24.0 Å². The minimum Gasteiger partial charge on any atom is -0.370 e. The van der Waals surface area contributed by atoms with E-state index in [1.165, 1.54) is 16.7 Å². The van der Waals surface area contributed by atoms with Crippen LogP contribution in [0.5, 0.6) is 0 Å². The molecule has 1 heterocycles. The Balaban J connectivity index is 0.00000341. The lowest BCUT2D eigenvalue weighted by atomic mass is 10.00. The summed E-state index contributed by atoms with van der Waals surface area (Å²) in [6.07, 6.45) is 1.13. The Morgan fingerprint density at radius 2 is 1.97 bits per heavy atom. The van der Waals surface area contributed by atoms with E-state index in [0.29, 0.717) is 25.4 Å². The second kappa shape index (κ2) is 11.1. The van der Waals surface area contributed by atoms with E-state index < -0.39 is 10.0 Å². The maximum atomic E-state index is 11.6. The molecule has 0 amide bonds. The monoisotopic (exact) mass is 558 g/mol. The van der Waals surface area contributed by atoms with Crippen LogP contribution in [0.15, 0.2) is 47.5 Å². The number of hydrogen-bond acceptors (Lipinski definition) is 4. The molecule has 0 aliphatic carbocycles. The van der Waals surface area contributed by atoms with Crippen LogP contribution < -0.4 is 10.0 Å². The summed E-state index contributed by atoms with van der Waals surface area (Å²) in [5.41, 5.74) is 5.08. The van der Waals surface area contributed by atoms with Gasteiger partial charge in [-0.25, -0.2) is 8.42 Å². The summed E-state index contributed by atoms with van der Waals surface area (Å²) in [6, 6.07) is 13.8. The van der Waals surface area contributed by atoms with Gasteiger partial charge in [-0.1, -0.05) is 42.0 Å². The first kappa shape index (κ1) is 25.4. The zero-order valence-electron chi connectivity index (χ0n) is 18.4. The van der Waals surface area contributed by atoms with E-state index in [1.54, 1.807) is 13.1 Å². The molecule has 3 rings (SSSR count). The van der Waals surface area contributed by atoms with Crippen molar-refractivity contribution in [2.24, 2.45) is 4.99 Å². The molecule has 0 bridgehead atoms. The first-order chi connectivity index (χ1) is 14.3. The standard InChI is InChI=1S/C22H30N4O3S.HI/c1-16-9-10-19(17(2)13-16)21-15-26(11-12-29-21)22(23-3)24-14-18-7-5-6-8-20(18)25-30(4,27)28;/h5-10,13,21,25H,11-12,14-15H2,1-4H3,(H,23,24);1H. The molecule has 0 aromatic heterocycles. The van der Waals surface area contributed by atoms with Crippen LogP contribution in [-0.2, 0) is 21.3 Å². The number of sulfonamides is 1. The normalized spacial score (nSPS) is 17.1. The molecule has 7 nitrogen and oxygen atoms in total. The zero-order valence-corrected chi connectivity index (χ0v) is 21.5. The SMILES string of the molecule is CN=C(NCc1ccccc1NS(C)(=O)=O)N1CCOC(c2ccc(C)cc2C)C1.I. The third-order valence-electron chi connectivity index (χ3n) is 5.10. The molecular weight excluding hydrogens is 527 g/mol. The number of anilines is 1. The van der Waals surface area contributed by atoms with Crippen molar-refractivity contribution in [1.82, 2.24) is 10.2 Å². The Hall–Kier alpha value is -1.85. The maximum absolute atomic E-state index is 11.6. The fourth-order valence-electron chi connectivity index (χ4n) is 3.70. The Bertz CT molecular complexity index is 1030. The number of morpholine rings is 1. The van der Waals surface area contributed by atoms with E-state index in [0.717, 1.165) is 24.3 Å². The third kappa shape index (κ3) is 7.08. The van der Waals surface area contributed by atoms with Gasteiger partial charge in [0.05, 0.1) is 25.1 Å². The quantitative estimate of drug-likeness (QED) is 0.334. The largest absolute Gasteiger partial charge is 0.370 e. The summed E-state index contributed by atoms with van der Waals surface area (Å²) >= 11 is 0. The molecule has 1 unspecified atom stereocenters. The van der Waals surface area contributed by atoms with Crippen LogP contribution in [0.2, 0.25) is 0 Å². The predicted molar refractivity (Wildman–Crippen MR) is 137 cm³/mol. The summed E-state index contributed by atoms with van der Waals surface area (Å²) in [6.45, 7) is 6.72. The lowest BCUT2D eigenvalue weighted by Crippen LogP contribution is -2.48. The number of benzene rings is 2. The molecular formula is C22H31IN4O3S. The Labute approximate surface area is 202 Å².